The Morgan fingerprint density at radius 3 is 1.96 bits per heavy atom. The lowest BCUT2D eigenvalue weighted by atomic mass is 9.95. The van der Waals surface area contributed by atoms with Crippen molar-refractivity contribution in [2.75, 3.05) is 26.4 Å². The van der Waals surface area contributed by atoms with Crippen molar-refractivity contribution in [3.05, 3.63) is 0 Å². The van der Waals surface area contributed by atoms with Crippen LogP contribution in [-0.2, 0) is 42.8 Å². The summed E-state index contributed by atoms with van der Waals surface area (Å²) >= 11 is 0. The number of hydrogen-bond donors (Lipinski definition) is 11. The molecular formula is C29H51N3O17. The van der Waals surface area contributed by atoms with Gasteiger partial charge in [-0.1, -0.05) is 0 Å². The highest BCUT2D eigenvalue weighted by atomic mass is 16.8. The van der Waals surface area contributed by atoms with E-state index in [-0.39, 0.29) is 38.3 Å². The minimum absolute atomic E-state index is 0.0921. The minimum atomic E-state index is -1.81. The third-order valence-electron chi connectivity index (χ3n) is 8.44. The van der Waals surface area contributed by atoms with E-state index in [0.29, 0.717) is 12.8 Å². The largest absolute Gasteiger partial charge is 0.394 e. The van der Waals surface area contributed by atoms with Crippen LogP contribution >= 0.6 is 0 Å². The number of ether oxygens (including phenoxy) is 6. The SMILES string of the molecule is CC(=O)NC1C(OC2C(O)C(CO)OC(OCCCNC(=O)CCCCC(N)=O)[C@@H]2O[C@@H]2OC(C)[C@@H](O)[C@@H](O)C2O)OC(CO)C(O)C1O. The normalized spacial score (nSPS) is 39.7. The summed E-state index contributed by atoms with van der Waals surface area (Å²) in [5.74, 6) is -1.36. The van der Waals surface area contributed by atoms with Crippen molar-refractivity contribution in [3.63, 3.8) is 0 Å². The Morgan fingerprint density at radius 1 is 0.714 bits per heavy atom. The van der Waals surface area contributed by atoms with Crippen LogP contribution in [-0.4, -0.2) is 177 Å². The Hall–Kier alpha value is -2.15. The van der Waals surface area contributed by atoms with Crippen LogP contribution in [0.2, 0.25) is 0 Å². The second-order valence-electron chi connectivity index (χ2n) is 12.3. The number of unbranched alkanes of at least 4 members (excludes halogenated alkanes) is 1. The van der Waals surface area contributed by atoms with Gasteiger partial charge in [0.2, 0.25) is 17.7 Å². The molecule has 3 amide bonds. The van der Waals surface area contributed by atoms with E-state index in [9.17, 15) is 55.2 Å². The molecule has 12 N–H and O–H groups in total. The van der Waals surface area contributed by atoms with Gasteiger partial charge in [-0.05, 0) is 26.2 Å². The van der Waals surface area contributed by atoms with Gasteiger partial charge < -0.3 is 85.6 Å². The van der Waals surface area contributed by atoms with Gasteiger partial charge in [0.1, 0.15) is 67.1 Å². The molecule has 15 atom stereocenters. The summed E-state index contributed by atoms with van der Waals surface area (Å²) in [6, 6.07) is -1.44. The third-order valence-corrected chi connectivity index (χ3v) is 8.44. The van der Waals surface area contributed by atoms with Crippen LogP contribution < -0.4 is 16.4 Å². The Balaban J connectivity index is 1.81. The summed E-state index contributed by atoms with van der Waals surface area (Å²) in [6.07, 6.45) is -20.3. The molecule has 20 heteroatoms. The van der Waals surface area contributed by atoms with Crippen LogP contribution in [0.3, 0.4) is 0 Å². The molecule has 0 aromatic rings. The number of nitrogens with two attached hydrogens (primary N) is 1. The predicted molar refractivity (Wildman–Crippen MR) is 160 cm³/mol. The Labute approximate surface area is 282 Å². The van der Waals surface area contributed by atoms with Crippen LogP contribution in [0.15, 0.2) is 0 Å². The summed E-state index contributed by atoms with van der Waals surface area (Å²) in [6.45, 7) is 1.09. The van der Waals surface area contributed by atoms with Crippen LogP contribution in [0, 0.1) is 0 Å². The van der Waals surface area contributed by atoms with Crippen molar-refractivity contribution >= 4 is 17.7 Å². The van der Waals surface area contributed by atoms with E-state index in [0.717, 1.165) is 6.92 Å². The molecule has 3 aliphatic rings. The number of amides is 3. The second-order valence-corrected chi connectivity index (χ2v) is 12.3. The van der Waals surface area contributed by atoms with Crippen LogP contribution in [0.25, 0.3) is 0 Å². The standard InChI is InChI=1S/C29H51N3O17/c1-12-19(38)23(42)24(43)28(45-12)49-26-25(48-27-18(32-13(2)35)22(41)20(39)14(10-33)46-27)21(40)15(11-34)47-29(26)44-9-5-8-31-17(37)7-4-3-6-16(30)36/h12,14-15,18-29,33-34,38-43H,3-11H2,1-2H3,(H2,30,36)(H,31,37)(H,32,35)/t12?,14?,15?,18?,19-,20?,21?,22?,23-,24?,25?,26-,27?,28+,29?/m1/s1. The molecule has 11 unspecified atom stereocenters. The van der Waals surface area contributed by atoms with Crippen LogP contribution in [0.5, 0.6) is 0 Å². The molecule has 0 aromatic heterocycles. The van der Waals surface area contributed by atoms with Crippen LogP contribution in [0.1, 0.15) is 46.0 Å². The fraction of sp³-hybridized carbons (Fsp3) is 0.897. The molecule has 0 spiro atoms. The van der Waals surface area contributed by atoms with E-state index in [1.807, 2.05) is 0 Å². The predicted octanol–water partition coefficient (Wildman–Crippen LogP) is -5.83. The molecular weight excluding hydrogens is 662 g/mol. The van der Waals surface area contributed by atoms with E-state index in [1.165, 1.54) is 6.92 Å². The number of carbonyl (C=O) groups excluding carboxylic acids is 3. The molecule has 20 nitrogen and oxygen atoms in total. The minimum Gasteiger partial charge on any atom is -0.394 e. The molecule has 0 aromatic carbocycles. The molecule has 0 aliphatic carbocycles. The molecule has 0 radical (unpaired) electrons. The van der Waals surface area contributed by atoms with Crippen molar-refractivity contribution < 1.29 is 83.7 Å². The monoisotopic (exact) mass is 713 g/mol. The average Bonchev–Trinajstić information content (AvgIpc) is 3.05. The van der Waals surface area contributed by atoms with E-state index in [1.54, 1.807) is 0 Å². The molecule has 0 saturated carbocycles. The Bertz CT molecular complexity index is 1060. The number of carbonyl (C=O) groups is 3. The fourth-order valence-corrected chi connectivity index (χ4v) is 5.67. The lowest BCUT2D eigenvalue weighted by molar-refractivity contribution is -0.385. The summed E-state index contributed by atoms with van der Waals surface area (Å²) in [7, 11) is 0. The first-order chi connectivity index (χ1) is 23.2. The maximum absolute atomic E-state index is 12.1. The Morgan fingerprint density at radius 2 is 1.33 bits per heavy atom. The third kappa shape index (κ3) is 11.2. The first-order valence-corrected chi connectivity index (χ1v) is 16.2. The Kier molecular flexibility index (Phi) is 16.4. The van der Waals surface area contributed by atoms with Crippen molar-refractivity contribution in [1.29, 1.82) is 0 Å². The van der Waals surface area contributed by atoms with E-state index >= 15 is 0 Å². The molecule has 3 saturated heterocycles. The zero-order valence-electron chi connectivity index (χ0n) is 27.4. The van der Waals surface area contributed by atoms with Gasteiger partial charge >= 0.3 is 0 Å². The molecule has 284 valence electrons. The van der Waals surface area contributed by atoms with Gasteiger partial charge in [-0.3, -0.25) is 14.4 Å². The fourth-order valence-electron chi connectivity index (χ4n) is 5.67. The maximum atomic E-state index is 12.1. The van der Waals surface area contributed by atoms with Gasteiger partial charge in [0, 0.05) is 26.3 Å². The van der Waals surface area contributed by atoms with Gasteiger partial charge in [0.25, 0.3) is 0 Å². The van der Waals surface area contributed by atoms with Gasteiger partial charge in [0.05, 0.1) is 25.9 Å². The van der Waals surface area contributed by atoms with E-state index in [2.05, 4.69) is 10.6 Å². The van der Waals surface area contributed by atoms with Gasteiger partial charge in [-0.2, -0.15) is 0 Å². The maximum Gasteiger partial charge on any atom is 0.219 e. The first kappa shape index (κ1) is 41.3. The highest BCUT2D eigenvalue weighted by molar-refractivity contribution is 5.76. The lowest BCUT2D eigenvalue weighted by Gasteiger charge is -2.49. The quantitative estimate of drug-likeness (QED) is 0.0625. The van der Waals surface area contributed by atoms with Crippen molar-refractivity contribution in [1.82, 2.24) is 10.6 Å². The zero-order chi connectivity index (χ0) is 36.4. The second kappa shape index (κ2) is 19.5. The van der Waals surface area contributed by atoms with E-state index < -0.39 is 117 Å². The van der Waals surface area contributed by atoms with Crippen molar-refractivity contribution in [3.8, 4) is 0 Å². The summed E-state index contributed by atoms with van der Waals surface area (Å²) in [5.41, 5.74) is 5.10. The van der Waals surface area contributed by atoms with E-state index in [4.69, 9.17) is 34.2 Å². The molecule has 3 rings (SSSR count). The number of hydrogen-bond acceptors (Lipinski definition) is 17. The molecule has 49 heavy (non-hydrogen) atoms. The number of nitrogens with one attached hydrogen (secondary N) is 2. The number of primary amides is 1. The zero-order valence-corrected chi connectivity index (χ0v) is 27.4. The van der Waals surface area contributed by atoms with Crippen molar-refractivity contribution in [2.24, 2.45) is 5.73 Å². The average molecular weight is 714 g/mol. The highest BCUT2D eigenvalue weighted by Crippen LogP contribution is 2.33. The van der Waals surface area contributed by atoms with Crippen molar-refractivity contribution in [2.45, 2.75) is 138 Å². The topological polar surface area (TPSA) is 319 Å². The summed E-state index contributed by atoms with van der Waals surface area (Å²) in [4.78, 5) is 35.0. The van der Waals surface area contributed by atoms with Gasteiger partial charge in [-0.25, -0.2) is 0 Å². The molecule has 3 heterocycles. The number of rotatable bonds is 17. The van der Waals surface area contributed by atoms with Gasteiger partial charge in [-0.15, -0.1) is 0 Å². The lowest BCUT2D eigenvalue weighted by Crippen LogP contribution is -2.68. The first-order valence-electron chi connectivity index (χ1n) is 16.2. The van der Waals surface area contributed by atoms with Crippen LogP contribution in [0.4, 0.5) is 0 Å². The summed E-state index contributed by atoms with van der Waals surface area (Å²) < 4.78 is 34.9. The van der Waals surface area contributed by atoms with Gasteiger partial charge in [0.15, 0.2) is 18.9 Å². The number of aliphatic hydroxyl groups excluding tert-OH is 8. The smallest absolute Gasteiger partial charge is 0.219 e. The summed E-state index contributed by atoms with van der Waals surface area (Å²) in [5, 5.41) is 88.6. The molecule has 3 fully saturated rings. The molecule has 0 bridgehead atoms. The number of aliphatic hydroxyl groups is 8. The molecule has 3 aliphatic heterocycles. The highest BCUT2D eigenvalue weighted by Gasteiger charge is 2.54.